The molecule has 0 atom stereocenters. The van der Waals surface area contributed by atoms with E-state index in [0.29, 0.717) is 24.1 Å². The molecule has 0 saturated heterocycles. The van der Waals surface area contributed by atoms with Crippen LogP contribution in [0.4, 0.5) is 0 Å². The third kappa shape index (κ3) is 3.96. The van der Waals surface area contributed by atoms with Gasteiger partial charge in [-0.1, -0.05) is 11.6 Å². The highest BCUT2D eigenvalue weighted by Crippen LogP contribution is 2.25. The second kappa shape index (κ2) is 6.68. The van der Waals surface area contributed by atoms with Crippen molar-refractivity contribution in [2.75, 3.05) is 27.2 Å². The van der Waals surface area contributed by atoms with Gasteiger partial charge in [-0.25, -0.2) is 4.98 Å². The molecular formula is C11H18ClN3O. The number of pyridine rings is 1. The van der Waals surface area contributed by atoms with Crippen LogP contribution < -0.4 is 10.5 Å². The van der Waals surface area contributed by atoms with Crippen molar-refractivity contribution in [3.63, 3.8) is 0 Å². The molecule has 0 aliphatic carbocycles. The van der Waals surface area contributed by atoms with Crippen LogP contribution in [-0.2, 0) is 6.54 Å². The maximum atomic E-state index is 6.07. The minimum atomic E-state index is 0.398. The smallest absolute Gasteiger partial charge is 0.232 e. The zero-order chi connectivity index (χ0) is 12.0. The van der Waals surface area contributed by atoms with E-state index in [1.54, 1.807) is 12.3 Å². The minimum Gasteiger partial charge on any atom is -0.477 e. The van der Waals surface area contributed by atoms with E-state index >= 15 is 0 Å². The van der Waals surface area contributed by atoms with Gasteiger partial charge in [0, 0.05) is 19.3 Å². The lowest BCUT2D eigenvalue weighted by Crippen LogP contribution is -2.15. The Labute approximate surface area is 101 Å². The lowest BCUT2D eigenvalue weighted by Gasteiger charge is -2.11. The van der Waals surface area contributed by atoms with Crippen molar-refractivity contribution in [1.29, 1.82) is 0 Å². The van der Waals surface area contributed by atoms with Crippen LogP contribution in [-0.4, -0.2) is 37.1 Å². The average Bonchev–Trinajstić information content (AvgIpc) is 2.26. The van der Waals surface area contributed by atoms with Crippen molar-refractivity contribution in [2.24, 2.45) is 5.73 Å². The van der Waals surface area contributed by atoms with E-state index in [0.717, 1.165) is 18.5 Å². The van der Waals surface area contributed by atoms with Gasteiger partial charge in [0.05, 0.1) is 6.61 Å². The second-order valence-electron chi connectivity index (χ2n) is 3.80. The Balaban J connectivity index is 2.47. The SMILES string of the molecule is CN(C)CCCOc1nccc(CN)c1Cl. The van der Waals surface area contributed by atoms with Crippen molar-refractivity contribution in [2.45, 2.75) is 13.0 Å². The van der Waals surface area contributed by atoms with Gasteiger partial charge in [0.15, 0.2) is 0 Å². The summed E-state index contributed by atoms with van der Waals surface area (Å²) in [6.45, 7) is 1.99. The topological polar surface area (TPSA) is 51.4 Å². The Morgan fingerprint density at radius 2 is 2.25 bits per heavy atom. The fourth-order valence-corrected chi connectivity index (χ4v) is 1.51. The summed E-state index contributed by atoms with van der Waals surface area (Å²) < 4.78 is 5.50. The molecule has 0 aliphatic rings. The van der Waals surface area contributed by atoms with Gasteiger partial charge in [-0.15, -0.1) is 0 Å². The van der Waals surface area contributed by atoms with E-state index in [4.69, 9.17) is 22.1 Å². The molecule has 4 nitrogen and oxygen atoms in total. The van der Waals surface area contributed by atoms with Crippen LogP contribution in [0.2, 0.25) is 5.02 Å². The quantitative estimate of drug-likeness (QED) is 0.770. The maximum absolute atomic E-state index is 6.07. The standard InChI is InChI=1S/C11H18ClN3O/c1-15(2)6-3-7-16-11-10(12)9(8-13)4-5-14-11/h4-5H,3,6-8,13H2,1-2H3. The number of nitrogens with zero attached hydrogens (tertiary/aromatic N) is 2. The molecule has 90 valence electrons. The molecule has 1 aromatic rings. The number of halogens is 1. The summed E-state index contributed by atoms with van der Waals surface area (Å²) in [5.74, 6) is 0.475. The second-order valence-corrected chi connectivity index (χ2v) is 4.18. The van der Waals surface area contributed by atoms with Gasteiger partial charge >= 0.3 is 0 Å². The number of ether oxygens (including phenoxy) is 1. The van der Waals surface area contributed by atoms with Crippen LogP contribution in [0.15, 0.2) is 12.3 Å². The first-order valence-electron chi connectivity index (χ1n) is 5.26. The number of hydrogen-bond donors (Lipinski definition) is 1. The predicted molar refractivity (Wildman–Crippen MR) is 65.8 cm³/mol. The van der Waals surface area contributed by atoms with E-state index in [1.807, 2.05) is 14.1 Å². The number of nitrogens with two attached hydrogens (primary N) is 1. The molecule has 1 aromatic heterocycles. The Bertz CT molecular complexity index is 331. The molecule has 0 aromatic carbocycles. The molecule has 16 heavy (non-hydrogen) atoms. The van der Waals surface area contributed by atoms with Crippen LogP contribution >= 0.6 is 11.6 Å². The monoisotopic (exact) mass is 243 g/mol. The third-order valence-corrected chi connectivity index (χ3v) is 2.55. The summed E-state index contributed by atoms with van der Waals surface area (Å²) >= 11 is 6.07. The highest BCUT2D eigenvalue weighted by atomic mass is 35.5. The van der Waals surface area contributed by atoms with Crippen molar-refractivity contribution >= 4 is 11.6 Å². The average molecular weight is 244 g/mol. The maximum Gasteiger partial charge on any atom is 0.232 e. The first-order valence-corrected chi connectivity index (χ1v) is 5.64. The van der Waals surface area contributed by atoms with Crippen LogP contribution in [0, 0.1) is 0 Å². The lowest BCUT2D eigenvalue weighted by molar-refractivity contribution is 0.273. The molecule has 0 aliphatic heterocycles. The highest BCUT2D eigenvalue weighted by molar-refractivity contribution is 6.32. The van der Waals surface area contributed by atoms with Gasteiger partial charge in [0.25, 0.3) is 0 Å². The summed E-state index contributed by atoms with van der Waals surface area (Å²) in [6.07, 6.45) is 2.60. The fourth-order valence-electron chi connectivity index (χ4n) is 1.27. The number of hydrogen-bond acceptors (Lipinski definition) is 4. The van der Waals surface area contributed by atoms with Gasteiger partial charge in [0.2, 0.25) is 5.88 Å². The molecule has 0 saturated carbocycles. The molecule has 0 fully saturated rings. The summed E-state index contributed by atoms with van der Waals surface area (Å²) in [7, 11) is 4.06. The predicted octanol–water partition coefficient (Wildman–Crippen LogP) is 1.52. The summed E-state index contributed by atoms with van der Waals surface area (Å²) in [5, 5.41) is 0.523. The first kappa shape index (κ1) is 13.2. The van der Waals surface area contributed by atoms with Gasteiger partial charge in [-0.05, 0) is 32.1 Å². The molecule has 0 bridgehead atoms. The minimum absolute atomic E-state index is 0.398. The molecule has 2 N–H and O–H groups in total. The molecule has 0 unspecified atom stereocenters. The normalized spacial score (nSPS) is 10.8. The zero-order valence-corrected chi connectivity index (χ0v) is 10.5. The molecule has 0 amide bonds. The molecule has 5 heteroatoms. The molecular weight excluding hydrogens is 226 g/mol. The highest BCUT2D eigenvalue weighted by Gasteiger charge is 2.07. The van der Waals surface area contributed by atoms with Crippen LogP contribution in [0.5, 0.6) is 5.88 Å². The van der Waals surface area contributed by atoms with Crippen LogP contribution in [0.1, 0.15) is 12.0 Å². The van der Waals surface area contributed by atoms with Gasteiger partial charge in [0.1, 0.15) is 5.02 Å². The van der Waals surface area contributed by atoms with Gasteiger partial charge in [-0.2, -0.15) is 0 Å². The van der Waals surface area contributed by atoms with Crippen molar-refractivity contribution in [1.82, 2.24) is 9.88 Å². The summed E-state index contributed by atoms with van der Waals surface area (Å²) in [4.78, 5) is 6.19. The Hall–Kier alpha value is -0.840. The fraction of sp³-hybridized carbons (Fsp3) is 0.545. The number of rotatable bonds is 6. The van der Waals surface area contributed by atoms with Gasteiger partial charge in [-0.3, -0.25) is 0 Å². The largest absolute Gasteiger partial charge is 0.477 e. The summed E-state index contributed by atoms with van der Waals surface area (Å²) in [5.41, 5.74) is 6.40. The molecule has 1 rings (SSSR count). The van der Waals surface area contributed by atoms with Crippen LogP contribution in [0.3, 0.4) is 0 Å². The molecule has 0 radical (unpaired) electrons. The Morgan fingerprint density at radius 3 is 2.88 bits per heavy atom. The van der Waals surface area contributed by atoms with Crippen molar-refractivity contribution in [3.05, 3.63) is 22.8 Å². The summed E-state index contributed by atoms with van der Waals surface area (Å²) in [6, 6.07) is 1.80. The molecule has 0 spiro atoms. The van der Waals surface area contributed by atoms with Crippen LogP contribution in [0.25, 0.3) is 0 Å². The van der Waals surface area contributed by atoms with E-state index < -0.39 is 0 Å². The van der Waals surface area contributed by atoms with E-state index in [-0.39, 0.29) is 0 Å². The first-order chi connectivity index (χ1) is 7.65. The lowest BCUT2D eigenvalue weighted by atomic mass is 10.3. The van der Waals surface area contributed by atoms with E-state index in [2.05, 4.69) is 9.88 Å². The van der Waals surface area contributed by atoms with Crippen molar-refractivity contribution < 1.29 is 4.74 Å². The molecule has 1 heterocycles. The Morgan fingerprint density at radius 1 is 1.50 bits per heavy atom. The number of aromatic nitrogens is 1. The van der Waals surface area contributed by atoms with Gasteiger partial charge < -0.3 is 15.4 Å². The van der Waals surface area contributed by atoms with E-state index in [1.165, 1.54) is 0 Å². The third-order valence-electron chi connectivity index (χ3n) is 2.15. The zero-order valence-electron chi connectivity index (χ0n) is 9.74. The van der Waals surface area contributed by atoms with E-state index in [9.17, 15) is 0 Å². The van der Waals surface area contributed by atoms with Crippen molar-refractivity contribution in [3.8, 4) is 5.88 Å². The Kier molecular flexibility index (Phi) is 5.52.